The Labute approximate surface area is 144 Å². The summed E-state index contributed by atoms with van der Waals surface area (Å²) < 4.78 is 5.36. The van der Waals surface area contributed by atoms with Gasteiger partial charge in [0, 0.05) is 23.2 Å². The van der Waals surface area contributed by atoms with Crippen LogP contribution in [0.3, 0.4) is 0 Å². The van der Waals surface area contributed by atoms with Crippen molar-refractivity contribution in [3.8, 4) is 5.75 Å². The van der Waals surface area contributed by atoms with Crippen LogP contribution in [0.5, 0.6) is 5.75 Å². The van der Waals surface area contributed by atoms with E-state index in [0.29, 0.717) is 6.04 Å². The Morgan fingerprint density at radius 1 is 1.14 bits per heavy atom. The van der Waals surface area contributed by atoms with Crippen molar-refractivity contribution in [2.75, 3.05) is 7.11 Å². The standard InChI is InChI=1S/C18H22ClNO.ClH/c1-14(8-9-15-6-4-3-5-7-15)20-13-16-12-17(19)10-11-18(16)21-2;/h3-7,10-12,14,20H,8-9,13H2,1-2H3;1H. The first-order valence-electron chi connectivity index (χ1n) is 7.29. The van der Waals surface area contributed by atoms with Crippen molar-refractivity contribution in [1.29, 1.82) is 0 Å². The van der Waals surface area contributed by atoms with E-state index in [4.69, 9.17) is 16.3 Å². The van der Waals surface area contributed by atoms with E-state index in [1.807, 2.05) is 18.2 Å². The second kappa shape index (κ2) is 9.73. The predicted octanol–water partition coefficient (Wildman–Crippen LogP) is 4.88. The van der Waals surface area contributed by atoms with Crippen LogP contribution in [-0.4, -0.2) is 13.2 Å². The minimum atomic E-state index is 0. The van der Waals surface area contributed by atoms with Gasteiger partial charge in [-0.05, 0) is 43.5 Å². The second-order valence-electron chi connectivity index (χ2n) is 5.26. The van der Waals surface area contributed by atoms with Crippen molar-refractivity contribution < 1.29 is 4.74 Å². The number of hydrogen-bond acceptors (Lipinski definition) is 2. The van der Waals surface area contributed by atoms with Crippen LogP contribution < -0.4 is 10.1 Å². The zero-order valence-corrected chi connectivity index (χ0v) is 14.6. The van der Waals surface area contributed by atoms with Crippen LogP contribution in [0.25, 0.3) is 0 Å². The van der Waals surface area contributed by atoms with Gasteiger partial charge in [-0.25, -0.2) is 0 Å². The Morgan fingerprint density at radius 3 is 2.55 bits per heavy atom. The molecule has 0 aromatic heterocycles. The molecular formula is C18H23Cl2NO. The molecule has 0 amide bonds. The minimum Gasteiger partial charge on any atom is -0.496 e. The third-order valence-corrected chi connectivity index (χ3v) is 3.83. The lowest BCUT2D eigenvalue weighted by molar-refractivity contribution is 0.405. The van der Waals surface area contributed by atoms with E-state index in [0.717, 1.165) is 35.7 Å². The Kier molecular flexibility index (Phi) is 8.32. The maximum atomic E-state index is 6.05. The van der Waals surface area contributed by atoms with Crippen molar-refractivity contribution in [3.05, 3.63) is 64.7 Å². The van der Waals surface area contributed by atoms with Crippen molar-refractivity contribution in [2.24, 2.45) is 0 Å². The molecule has 1 unspecified atom stereocenters. The summed E-state index contributed by atoms with van der Waals surface area (Å²) in [5, 5.41) is 4.27. The number of hydrogen-bond donors (Lipinski definition) is 1. The summed E-state index contributed by atoms with van der Waals surface area (Å²) in [5.74, 6) is 0.877. The fourth-order valence-electron chi connectivity index (χ4n) is 2.30. The number of halogens is 2. The van der Waals surface area contributed by atoms with E-state index in [1.165, 1.54) is 5.56 Å². The third-order valence-electron chi connectivity index (χ3n) is 3.59. The van der Waals surface area contributed by atoms with Crippen molar-refractivity contribution in [3.63, 3.8) is 0 Å². The van der Waals surface area contributed by atoms with Gasteiger partial charge in [0.05, 0.1) is 7.11 Å². The van der Waals surface area contributed by atoms with E-state index in [-0.39, 0.29) is 12.4 Å². The molecule has 0 aliphatic heterocycles. The molecule has 120 valence electrons. The van der Waals surface area contributed by atoms with Crippen LogP contribution in [0.2, 0.25) is 5.02 Å². The van der Waals surface area contributed by atoms with Crippen LogP contribution in [0.4, 0.5) is 0 Å². The monoisotopic (exact) mass is 339 g/mol. The van der Waals surface area contributed by atoms with Gasteiger partial charge in [-0.15, -0.1) is 12.4 Å². The van der Waals surface area contributed by atoms with Gasteiger partial charge in [-0.1, -0.05) is 41.9 Å². The lowest BCUT2D eigenvalue weighted by Gasteiger charge is -2.15. The van der Waals surface area contributed by atoms with Gasteiger partial charge in [0.15, 0.2) is 0 Å². The molecule has 0 aliphatic rings. The molecule has 2 aromatic carbocycles. The Bertz CT molecular complexity index is 560. The van der Waals surface area contributed by atoms with Crippen LogP contribution in [-0.2, 0) is 13.0 Å². The fourth-order valence-corrected chi connectivity index (χ4v) is 2.49. The first kappa shape index (κ1) is 18.8. The summed E-state index contributed by atoms with van der Waals surface area (Å²) >= 11 is 6.05. The number of benzene rings is 2. The fraction of sp³-hybridized carbons (Fsp3) is 0.333. The molecule has 0 radical (unpaired) electrons. The highest BCUT2D eigenvalue weighted by molar-refractivity contribution is 6.30. The molecule has 0 saturated carbocycles. The predicted molar refractivity (Wildman–Crippen MR) is 96.3 cm³/mol. The first-order valence-corrected chi connectivity index (χ1v) is 7.66. The summed E-state index contributed by atoms with van der Waals surface area (Å²) in [7, 11) is 1.69. The summed E-state index contributed by atoms with van der Waals surface area (Å²) in [6.45, 7) is 2.97. The topological polar surface area (TPSA) is 21.3 Å². The molecule has 2 rings (SSSR count). The molecule has 0 spiro atoms. The Hall–Kier alpha value is -1.22. The lowest BCUT2D eigenvalue weighted by Crippen LogP contribution is -2.26. The lowest BCUT2D eigenvalue weighted by atomic mass is 10.1. The molecule has 1 N–H and O–H groups in total. The molecule has 0 heterocycles. The van der Waals surface area contributed by atoms with Gasteiger partial charge in [0.2, 0.25) is 0 Å². The Morgan fingerprint density at radius 2 is 1.86 bits per heavy atom. The maximum absolute atomic E-state index is 6.05. The van der Waals surface area contributed by atoms with E-state index >= 15 is 0 Å². The van der Waals surface area contributed by atoms with Crippen molar-refractivity contribution in [2.45, 2.75) is 32.4 Å². The quantitative estimate of drug-likeness (QED) is 0.775. The third kappa shape index (κ3) is 5.88. The molecule has 2 nitrogen and oxygen atoms in total. The van der Waals surface area contributed by atoms with Crippen LogP contribution in [0.15, 0.2) is 48.5 Å². The zero-order chi connectivity index (χ0) is 15.1. The van der Waals surface area contributed by atoms with Gasteiger partial charge >= 0.3 is 0 Å². The zero-order valence-electron chi connectivity index (χ0n) is 13.0. The van der Waals surface area contributed by atoms with Gasteiger partial charge in [-0.3, -0.25) is 0 Å². The van der Waals surface area contributed by atoms with E-state index in [9.17, 15) is 0 Å². The summed E-state index contributed by atoms with van der Waals surface area (Å²) in [6.07, 6.45) is 2.19. The van der Waals surface area contributed by atoms with Crippen molar-refractivity contribution in [1.82, 2.24) is 5.32 Å². The molecule has 0 bridgehead atoms. The van der Waals surface area contributed by atoms with Gasteiger partial charge in [0.25, 0.3) is 0 Å². The number of rotatable bonds is 7. The summed E-state index contributed by atoms with van der Waals surface area (Å²) in [4.78, 5) is 0. The van der Waals surface area contributed by atoms with Crippen LogP contribution in [0.1, 0.15) is 24.5 Å². The maximum Gasteiger partial charge on any atom is 0.123 e. The molecule has 4 heteroatoms. The van der Waals surface area contributed by atoms with Crippen molar-refractivity contribution >= 4 is 24.0 Å². The summed E-state index contributed by atoms with van der Waals surface area (Å²) in [5.41, 5.74) is 2.48. The largest absolute Gasteiger partial charge is 0.496 e. The minimum absolute atomic E-state index is 0. The van der Waals surface area contributed by atoms with Gasteiger partial charge < -0.3 is 10.1 Å². The molecule has 0 fully saturated rings. The molecule has 1 atom stereocenters. The van der Waals surface area contributed by atoms with Crippen LogP contribution >= 0.6 is 24.0 Å². The highest BCUT2D eigenvalue weighted by atomic mass is 35.5. The number of nitrogens with one attached hydrogen (secondary N) is 1. The SMILES string of the molecule is COc1ccc(Cl)cc1CNC(C)CCc1ccccc1.Cl. The molecular weight excluding hydrogens is 317 g/mol. The number of aryl methyl sites for hydroxylation is 1. The smallest absolute Gasteiger partial charge is 0.123 e. The van der Waals surface area contributed by atoms with Gasteiger partial charge in [0.1, 0.15) is 5.75 Å². The Balaban J connectivity index is 0.00000242. The van der Waals surface area contributed by atoms with Gasteiger partial charge in [-0.2, -0.15) is 0 Å². The summed E-state index contributed by atoms with van der Waals surface area (Å²) in [6, 6.07) is 16.7. The normalized spacial score (nSPS) is 11.6. The number of ether oxygens (including phenoxy) is 1. The number of methoxy groups -OCH3 is 1. The molecule has 22 heavy (non-hydrogen) atoms. The average molecular weight is 340 g/mol. The highest BCUT2D eigenvalue weighted by Gasteiger charge is 2.07. The van der Waals surface area contributed by atoms with E-state index in [2.05, 4.69) is 42.6 Å². The molecule has 0 saturated heterocycles. The van der Waals surface area contributed by atoms with E-state index < -0.39 is 0 Å². The molecule has 2 aromatic rings. The highest BCUT2D eigenvalue weighted by Crippen LogP contribution is 2.22. The molecule has 0 aliphatic carbocycles. The van der Waals surface area contributed by atoms with Crippen LogP contribution in [0, 0.1) is 0 Å². The van der Waals surface area contributed by atoms with E-state index in [1.54, 1.807) is 7.11 Å². The average Bonchev–Trinajstić information content (AvgIpc) is 2.52. The second-order valence-corrected chi connectivity index (χ2v) is 5.70. The first-order chi connectivity index (χ1) is 10.2.